The molecule has 2 heterocycles. The smallest absolute Gasteiger partial charge is 0.234 e. The molecule has 0 saturated carbocycles. The summed E-state index contributed by atoms with van der Waals surface area (Å²) in [5.41, 5.74) is 3.11. The van der Waals surface area contributed by atoms with E-state index in [4.69, 9.17) is 34.8 Å². The summed E-state index contributed by atoms with van der Waals surface area (Å²) in [5.74, 6) is 0.181. The molecule has 1 aliphatic carbocycles. The molecule has 5 rings (SSSR count). The summed E-state index contributed by atoms with van der Waals surface area (Å²) in [4.78, 5) is 28.0. The zero-order valence-electron chi connectivity index (χ0n) is 17.8. The van der Waals surface area contributed by atoms with E-state index in [-0.39, 0.29) is 18.1 Å². The van der Waals surface area contributed by atoms with Gasteiger partial charge in [0.2, 0.25) is 11.0 Å². The van der Waals surface area contributed by atoms with Crippen molar-refractivity contribution >= 4 is 74.7 Å². The van der Waals surface area contributed by atoms with Gasteiger partial charge < -0.3 is 0 Å². The third kappa shape index (κ3) is 4.64. The van der Waals surface area contributed by atoms with E-state index >= 15 is 0 Å². The van der Waals surface area contributed by atoms with Gasteiger partial charge in [0.15, 0.2) is 10.1 Å². The Morgan fingerprint density at radius 3 is 2.65 bits per heavy atom. The fraction of sp³-hybridized carbons (Fsp3) is 0.250. The van der Waals surface area contributed by atoms with Gasteiger partial charge >= 0.3 is 0 Å². The monoisotopic (exact) mass is 549 g/mol. The van der Waals surface area contributed by atoms with E-state index < -0.39 is 5.92 Å². The summed E-state index contributed by atoms with van der Waals surface area (Å²) < 4.78 is 0.731. The number of amides is 1. The molecule has 0 spiro atoms. The SMILES string of the molecule is O=C1CCCC2=C1[C@H](c1ccc(Cl)cc1Cl)CC(=O)N2c1nnc(SCc2ccccc2Cl)s1. The summed E-state index contributed by atoms with van der Waals surface area (Å²) in [6.45, 7) is 0. The standard InChI is InChI=1S/C24H18Cl3N3O2S2/c25-14-8-9-15(18(27)10-14)16-11-21(32)30(19-6-3-7-20(31)22(16)19)23-28-29-24(34-23)33-12-13-4-1-2-5-17(13)26/h1-2,4-5,8-10,16H,3,6-7,11-12H2/t16-/m0/s1. The maximum Gasteiger partial charge on any atom is 0.234 e. The zero-order valence-corrected chi connectivity index (χ0v) is 21.7. The minimum atomic E-state index is -0.390. The van der Waals surface area contributed by atoms with Gasteiger partial charge in [-0.1, -0.05) is 82.2 Å². The Balaban J connectivity index is 1.47. The van der Waals surface area contributed by atoms with Crippen molar-refractivity contribution in [1.29, 1.82) is 0 Å². The second kappa shape index (κ2) is 9.99. The second-order valence-electron chi connectivity index (χ2n) is 8.02. The maximum atomic E-state index is 13.4. The van der Waals surface area contributed by atoms with Crippen LogP contribution in [-0.4, -0.2) is 21.9 Å². The van der Waals surface area contributed by atoms with Crippen molar-refractivity contribution in [3.8, 4) is 0 Å². The third-order valence-electron chi connectivity index (χ3n) is 5.91. The predicted molar refractivity (Wildman–Crippen MR) is 138 cm³/mol. The molecule has 0 bridgehead atoms. The lowest BCUT2D eigenvalue weighted by atomic mass is 9.77. The van der Waals surface area contributed by atoms with Crippen LogP contribution in [0.15, 0.2) is 58.1 Å². The number of Topliss-reactive ketones (excluding diaryl/α,β-unsaturated/α-hetero) is 1. The average molecular weight is 551 g/mol. The lowest BCUT2D eigenvalue weighted by Crippen LogP contribution is -2.40. The number of nitrogens with zero attached hydrogens (tertiary/aromatic N) is 3. The topological polar surface area (TPSA) is 63.2 Å². The molecule has 1 atom stereocenters. The van der Waals surface area contributed by atoms with Crippen LogP contribution in [0.1, 0.15) is 42.7 Å². The summed E-state index contributed by atoms with van der Waals surface area (Å²) in [6, 6.07) is 12.8. The molecule has 174 valence electrons. The predicted octanol–water partition coefficient (Wildman–Crippen LogP) is 7.32. The summed E-state index contributed by atoms with van der Waals surface area (Å²) in [6.07, 6.45) is 1.90. The van der Waals surface area contributed by atoms with Gasteiger partial charge in [0.25, 0.3) is 0 Å². The number of halogens is 3. The Labute approximate surface area is 220 Å². The molecule has 34 heavy (non-hydrogen) atoms. The number of carbonyl (C=O) groups is 2. The molecule has 5 nitrogen and oxygen atoms in total. The number of rotatable bonds is 5. The van der Waals surface area contributed by atoms with Crippen molar-refractivity contribution in [1.82, 2.24) is 10.2 Å². The van der Waals surface area contributed by atoms with Crippen LogP contribution in [0.5, 0.6) is 0 Å². The Morgan fingerprint density at radius 2 is 1.85 bits per heavy atom. The second-order valence-corrected chi connectivity index (χ2v) is 11.4. The van der Waals surface area contributed by atoms with Crippen molar-refractivity contribution < 1.29 is 9.59 Å². The van der Waals surface area contributed by atoms with Crippen LogP contribution >= 0.6 is 57.9 Å². The highest BCUT2D eigenvalue weighted by atomic mass is 35.5. The molecule has 0 fully saturated rings. The number of thioether (sulfide) groups is 1. The lowest BCUT2D eigenvalue weighted by molar-refractivity contribution is -0.119. The van der Waals surface area contributed by atoms with Gasteiger partial charge in [0, 0.05) is 50.9 Å². The van der Waals surface area contributed by atoms with Crippen LogP contribution in [0.3, 0.4) is 0 Å². The summed E-state index contributed by atoms with van der Waals surface area (Å²) in [7, 11) is 0. The Kier molecular flexibility index (Phi) is 7.00. The Hall–Kier alpha value is -1.90. The minimum absolute atomic E-state index is 0.0487. The van der Waals surface area contributed by atoms with Gasteiger partial charge in [0.05, 0.1) is 0 Å². The molecule has 0 unspecified atom stereocenters. The molecule has 1 aliphatic heterocycles. The zero-order chi connectivity index (χ0) is 23.8. The molecule has 3 aromatic rings. The van der Waals surface area contributed by atoms with Gasteiger partial charge in [-0.2, -0.15) is 0 Å². The molecular formula is C24H18Cl3N3O2S2. The molecule has 0 saturated heterocycles. The van der Waals surface area contributed by atoms with Crippen LogP contribution in [0.4, 0.5) is 5.13 Å². The first-order chi connectivity index (χ1) is 16.4. The highest BCUT2D eigenvalue weighted by Gasteiger charge is 2.41. The third-order valence-corrected chi connectivity index (χ3v) is 8.93. The fourth-order valence-corrected chi connectivity index (χ4v) is 7.08. The van der Waals surface area contributed by atoms with Gasteiger partial charge in [0.1, 0.15) is 0 Å². The number of ketones is 1. The Bertz CT molecular complexity index is 1320. The average Bonchev–Trinajstić information content (AvgIpc) is 3.26. The van der Waals surface area contributed by atoms with Crippen LogP contribution in [0, 0.1) is 0 Å². The summed E-state index contributed by atoms with van der Waals surface area (Å²) >= 11 is 21.6. The van der Waals surface area contributed by atoms with Crippen LogP contribution < -0.4 is 4.90 Å². The number of allylic oxidation sites excluding steroid dienone is 2. The largest absolute Gasteiger partial charge is 0.294 e. The number of aromatic nitrogens is 2. The van der Waals surface area contributed by atoms with Crippen molar-refractivity contribution in [3.05, 3.63) is 79.9 Å². The van der Waals surface area contributed by atoms with E-state index in [0.29, 0.717) is 56.5 Å². The number of carbonyl (C=O) groups excluding carboxylic acids is 2. The summed E-state index contributed by atoms with van der Waals surface area (Å²) in [5, 5.41) is 10.7. The van der Waals surface area contributed by atoms with Crippen molar-refractivity contribution in [2.45, 2.75) is 41.7 Å². The first-order valence-corrected chi connectivity index (χ1v) is 13.6. The first-order valence-electron chi connectivity index (χ1n) is 10.7. The van der Waals surface area contributed by atoms with E-state index in [0.717, 1.165) is 15.5 Å². The molecule has 2 aliphatic rings. The number of hydrogen-bond acceptors (Lipinski definition) is 6. The van der Waals surface area contributed by atoms with E-state index in [1.807, 2.05) is 24.3 Å². The quantitative estimate of drug-likeness (QED) is 0.246. The van der Waals surface area contributed by atoms with Crippen molar-refractivity contribution in [2.75, 3.05) is 4.90 Å². The number of anilines is 1. The highest BCUT2D eigenvalue weighted by molar-refractivity contribution is 8.00. The minimum Gasteiger partial charge on any atom is -0.294 e. The molecule has 0 N–H and O–H groups in total. The first kappa shape index (κ1) is 23.8. The van der Waals surface area contributed by atoms with Crippen molar-refractivity contribution in [3.63, 3.8) is 0 Å². The van der Waals surface area contributed by atoms with E-state index in [1.165, 1.54) is 23.1 Å². The molecule has 0 radical (unpaired) electrons. The Morgan fingerprint density at radius 1 is 1.03 bits per heavy atom. The van der Waals surface area contributed by atoms with E-state index in [9.17, 15) is 9.59 Å². The lowest BCUT2D eigenvalue weighted by Gasteiger charge is -2.37. The van der Waals surface area contributed by atoms with Crippen LogP contribution in [-0.2, 0) is 15.3 Å². The van der Waals surface area contributed by atoms with Gasteiger partial charge in [-0.15, -0.1) is 10.2 Å². The molecule has 2 aromatic carbocycles. The van der Waals surface area contributed by atoms with Gasteiger partial charge in [-0.25, -0.2) is 0 Å². The van der Waals surface area contributed by atoms with E-state index in [1.54, 1.807) is 23.1 Å². The maximum absolute atomic E-state index is 13.4. The number of hydrogen-bond donors (Lipinski definition) is 0. The normalized spacial score (nSPS) is 18.4. The van der Waals surface area contributed by atoms with Crippen molar-refractivity contribution in [2.24, 2.45) is 0 Å². The van der Waals surface area contributed by atoms with Crippen LogP contribution in [0.2, 0.25) is 15.1 Å². The molecule has 10 heteroatoms. The van der Waals surface area contributed by atoms with Gasteiger partial charge in [-0.05, 0) is 42.2 Å². The molecular weight excluding hydrogens is 533 g/mol. The van der Waals surface area contributed by atoms with Gasteiger partial charge in [-0.3, -0.25) is 14.5 Å². The van der Waals surface area contributed by atoms with Crippen LogP contribution in [0.25, 0.3) is 0 Å². The van der Waals surface area contributed by atoms with E-state index in [2.05, 4.69) is 10.2 Å². The number of benzene rings is 2. The fourth-order valence-electron chi connectivity index (χ4n) is 4.37. The molecule has 1 amide bonds. The molecule has 1 aromatic heterocycles. The highest BCUT2D eigenvalue weighted by Crippen LogP contribution is 2.46.